The molecule has 1 aromatic carbocycles. The van der Waals surface area contributed by atoms with Gasteiger partial charge in [-0.25, -0.2) is 0 Å². The van der Waals surface area contributed by atoms with Gasteiger partial charge in [-0.2, -0.15) is 0 Å². The van der Waals surface area contributed by atoms with Crippen LogP contribution in [-0.4, -0.2) is 35.6 Å². The van der Waals surface area contributed by atoms with E-state index in [1.165, 1.54) is 16.6 Å². The van der Waals surface area contributed by atoms with Crippen LogP contribution < -0.4 is 0 Å². The molecule has 2 heterocycles. The van der Waals surface area contributed by atoms with E-state index in [4.69, 9.17) is 4.74 Å². The fraction of sp³-hybridized carbons (Fsp3) is 0.471. The third-order valence-corrected chi connectivity index (χ3v) is 4.11. The van der Waals surface area contributed by atoms with Crippen molar-refractivity contribution < 1.29 is 9.53 Å². The Morgan fingerprint density at radius 3 is 2.95 bits per heavy atom. The lowest BCUT2D eigenvalue weighted by molar-refractivity contribution is -0.144. The molecule has 1 aromatic heterocycles. The smallest absolute Gasteiger partial charge is 0.325 e. The fourth-order valence-electron chi connectivity index (χ4n) is 3.11. The summed E-state index contributed by atoms with van der Waals surface area (Å²) in [6.45, 7) is 4.82. The van der Waals surface area contributed by atoms with E-state index in [-0.39, 0.29) is 5.97 Å². The number of hydrogen-bond donors (Lipinski definition) is 0. The molecule has 1 aliphatic rings. The van der Waals surface area contributed by atoms with Gasteiger partial charge in [0.2, 0.25) is 0 Å². The van der Waals surface area contributed by atoms with Crippen molar-refractivity contribution in [1.29, 1.82) is 0 Å². The van der Waals surface area contributed by atoms with Crippen LogP contribution in [0.15, 0.2) is 24.3 Å². The number of rotatable bonds is 4. The van der Waals surface area contributed by atoms with Crippen molar-refractivity contribution in [2.24, 2.45) is 0 Å². The van der Waals surface area contributed by atoms with Crippen LogP contribution in [0.5, 0.6) is 0 Å². The van der Waals surface area contributed by atoms with E-state index in [0.29, 0.717) is 13.2 Å². The largest absolute Gasteiger partial charge is 0.464 e. The molecule has 0 saturated heterocycles. The van der Waals surface area contributed by atoms with Crippen LogP contribution in [0.2, 0.25) is 0 Å². The average Bonchev–Trinajstić information content (AvgIpc) is 2.79. The zero-order valence-electron chi connectivity index (χ0n) is 12.8. The van der Waals surface area contributed by atoms with Crippen molar-refractivity contribution in [3.63, 3.8) is 0 Å². The normalized spacial score (nSPS) is 15.1. The molecule has 112 valence electrons. The van der Waals surface area contributed by atoms with Crippen LogP contribution in [-0.2, 0) is 29.0 Å². The highest BCUT2D eigenvalue weighted by atomic mass is 16.5. The van der Waals surface area contributed by atoms with E-state index in [0.717, 1.165) is 31.4 Å². The average molecular weight is 286 g/mol. The number of likely N-dealkylation sites (N-methyl/N-ethyl adjacent to an activating group) is 1. The van der Waals surface area contributed by atoms with E-state index in [1.54, 1.807) is 0 Å². The summed E-state index contributed by atoms with van der Waals surface area (Å²) in [4.78, 5) is 14.3. The second kappa shape index (κ2) is 5.90. The van der Waals surface area contributed by atoms with Gasteiger partial charge < -0.3 is 14.2 Å². The van der Waals surface area contributed by atoms with Crippen molar-refractivity contribution in [3.05, 3.63) is 35.5 Å². The second-order valence-electron chi connectivity index (χ2n) is 5.74. The lowest BCUT2D eigenvalue weighted by Gasteiger charge is -2.24. The quantitative estimate of drug-likeness (QED) is 0.810. The van der Waals surface area contributed by atoms with Gasteiger partial charge in [-0.05, 0) is 25.1 Å². The predicted molar refractivity (Wildman–Crippen MR) is 83.2 cm³/mol. The number of ether oxygens (including phenoxy) is 1. The van der Waals surface area contributed by atoms with E-state index in [1.807, 2.05) is 13.0 Å². The van der Waals surface area contributed by atoms with Gasteiger partial charge in [0.1, 0.15) is 6.54 Å². The Kier molecular flexibility index (Phi) is 3.97. The fourth-order valence-corrected chi connectivity index (χ4v) is 3.11. The molecule has 1 aliphatic heterocycles. The van der Waals surface area contributed by atoms with Gasteiger partial charge in [-0.15, -0.1) is 0 Å². The van der Waals surface area contributed by atoms with E-state index < -0.39 is 0 Å². The third-order valence-electron chi connectivity index (χ3n) is 4.11. The summed E-state index contributed by atoms with van der Waals surface area (Å²) >= 11 is 0. The van der Waals surface area contributed by atoms with E-state index >= 15 is 0 Å². The summed E-state index contributed by atoms with van der Waals surface area (Å²) in [5.74, 6) is -0.140. The molecule has 21 heavy (non-hydrogen) atoms. The lowest BCUT2D eigenvalue weighted by Crippen LogP contribution is -2.28. The van der Waals surface area contributed by atoms with Gasteiger partial charge in [-0.3, -0.25) is 4.79 Å². The topological polar surface area (TPSA) is 34.5 Å². The molecular weight excluding hydrogens is 264 g/mol. The number of esters is 1. The van der Waals surface area contributed by atoms with Crippen LogP contribution in [0.4, 0.5) is 0 Å². The van der Waals surface area contributed by atoms with Crippen LogP contribution >= 0.6 is 0 Å². The van der Waals surface area contributed by atoms with Crippen LogP contribution in [0.3, 0.4) is 0 Å². The Bertz CT molecular complexity index is 660. The number of hydrogen-bond acceptors (Lipinski definition) is 3. The molecule has 0 spiro atoms. The molecule has 3 rings (SSSR count). The zero-order valence-corrected chi connectivity index (χ0v) is 12.8. The summed E-state index contributed by atoms with van der Waals surface area (Å²) in [6.07, 6.45) is 1.85. The maximum atomic E-state index is 12.0. The number of nitrogens with zero attached hydrogens (tertiary/aromatic N) is 2. The number of carbonyl (C=O) groups is 1. The molecule has 0 radical (unpaired) electrons. The molecule has 4 heteroatoms. The molecule has 2 aromatic rings. The zero-order chi connectivity index (χ0) is 14.8. The minimum Gasteiger partial charge on any atom is -0.464 e. The van der Waals surface area contributed by atoms with Gasteiger partial charge in [0, 0.05) is 36.1 Å². The van der Waals surface area contributed by atoms with Gasteiger partial charge in [-0.1, -0.05) is 25.1 Å². The summed E-state index contributed by atoms with van der Waals surface area (Å²) in [7, 11) is 2.14. The maximum Gasteiger partial charge on any atom is 0.325 e. The van der Waals surface area contributed by atoms with Crippen molar-refractivity contribution in [1.82, 2.24) is 9.47 Å². The highest BCUT2D eigenvalue weighted by Crippen LogP contribution is 2.30. The minimum absolute atomic E-state index is 0.140. The Morgan fingerprint density at radius 1 is 1.33 bits per heavy atom. The minimum atomic E-state index is -0.140. The monoisotopic (exact) mass is 286 g/mol. The Labute approximate surface area is 125 Å². The summed E-state index contributed by atoms with van der Waals surface area (Å²) in [6, 6.07) is 8.35. The third kappa shape index (κ3) is 2.68. The molecule has 0 aliphatic carbocycles. The first-order chi connectivity index (χ1) is 10.2. The van der Waals surface area contributed by atoms with Gasteiger partial charge in [0.25, 0.3) is 0 Å². The number of benzene rings is 1. The van der Waals surface area contributed by atoms with Gasteiger partial charge in [0.15, 0.2) is 0 Å². The summed E-state index contributed by atoms with van der Waals surface area (Å²) in [5.41, 5.74) is 3.80. The Morgan fingerprint density at radius 2 is 2.14 bits per heavy atom. The highest BCUT2D eigenvalue weighted by molar-refractivity contribution is 5.87. The number of para-hydroxylation sites is 1. The van der Waals surface area contributed by atoms with Crippen molar-refractivity contribution in [2.45, 2.75) is 32.9 Å². The first kappa shape index (κ1) is 14.1. The van der Waals surface area contributed by atoms with Crippen molar-refractivity contribution >= 4 is 16.9 Å². The molecule has 0 amide bonds. The molecule has 0 saturated carbocycles. The SMILES string of the molecule is CCCOC(=O)Cn1c2c(c3ccccc31)CN(C)CC2. The summed E-state index contributed by atoms with van der Waals surface area (Å²) < 4.78 is 7.40. The predicted octanol–water partition coefficient (Wildman–Crippen LogP) is 2.58. The molecule has 0 bridgehead atoms. The van der Waals surface area contributed by atoms with Crippen molar-refractivity contribution in [3.8, 4) is 0 Å². The molecular formula is C17H22N2O2. The number of fused-ring (bicyclic) bond motifs is 3. The summed E-state index contributed by atoms with van der Waals surface area (Å²) in [5, 5.41) is 1.27. The van der Waals surface area contributed by atoms with Crippen LogP contribution in [0.25, 0.3) is 10.9 Å². The van der Waals surface area contributed by atoms with Gasteiger partial charge >= 0.3 is 5.97 Å². The first-order valence-electron chi connectivity index (χ1n) is 7.64. The first-order valence-corrected chi connectivity index (χ1v) is 7.64. The standard InChI is InChI=1S/C17H22N2O2/c1-3-10-21-17(20)12-19-15-7-5-4-6-13(15)14-11-18(2)9-8-16(14)19/h4-7H,3,8-12H2,1-2H3. The molecule has 0 atom stereocenters. The molecule has 4 nitrogen and oxygen atoms in total. The van der Waals surface area contributed by atoms with Crippen LogP contribution in [0, 0.1) is 0 Å². The van der Waals surface area contributed by atoms with Crippen LogP contribution in [0.1, 0.15) is 24.6 Å². The molecule has 0 fully saturated rings. The van der Waals surface area contributed by atoms with E-state index in [2.05, 4.69) is 34.7 Å². The molecule has 0 unspecified atom stereocenters. The number of aromatic nitrogens is 1. The highest BCUT2D eigenvalue weighted by Gasteiger charge is 2.23. The Hall–Kier alpha value is -1.81. The van der Waals surface area contributed by atoms with Crippen molar-refractivity contribution in [2.75, 3.05) is 20.2 Å². The molecule has 0 N–H and O–H groups in total. The second-order valence-corrected chi connectivity index (χ2v) is 5.74. The van der Waals surface area contributed by atoms with E-state index in [9.17, 15) is 4.79 Å². The van der Waals surface area contributed by atoms with Gasteiger partial charge in [0.05, 0.1) is 6.61 Å². The lowest BCUT2D eigenvalue weighted by atomic mass is 10.1. The maximum absolute atomic E-state index is 12.0. The number of carbonyl (C=O) groups excluding carboxylic acids is 1. The Balaban J connectivity index is 1.99.